The number of piperidine rings is 3. The van der Waals surface area contributed by atoms with Gasteiger partial charge in [0.15, 0.2) is 0 Å². The smallest absolute Gasteiger partial charge is 0.245 e. The first kappa shape index (κ1) is 24.9. The van der Waals surface area contributed by atoms with Gasteiger partial charge in [-0.3, -0.25) is 14.4 Å². The second-order valence-electron chi connectivity index (χ2n) is 9.81. The highest BCUT2D eigenvalue weighted by Gasteiger charge is 2.48. The molecular weight excluding hydrogens is 456 g/mol. The molecule has 1 saturated carbocycles. The van der Waals surface area contributed by atoms with Gasteiger partial charge in [0.25, 0.3) is 0 Å². The largest absolute Gasteiger partial charge is 0.371 e. The van der Waals surface area contributed by atoms with Crippen molar-refractivity contribution < 1.29 is 23.2 Å². The third-order valence-corrected chi connectivity index (χ3v) is 7.47. The number of benzene rings is 1. The van der Waals surface area contributed by atoms with Crippen molar-refractivity contribution in [2.75, 3.05) is 11.9 Å². The first-order valence-corrected chi connectivity index (χ1v) is 12.3. The Morgan fingerprint density at radius 1 is 1.23 bits per heavy atom. The van der Waals surface area contributed by atoms with Crippen molar-refractivity contribution in [2.24, 2.45) is 11.8 Å². The van der Waals surface area contributed by atoms with E-state index in [-0.39, 0.29) is 41.8 Å². The lowest BCUT2D eigenvalue weighted by molar-refractivity contribution is -0.154. The highest BCUT2D eigenvalue weighted by molar-refractivity contribution is 5.92. The van der Waals surface area contributed by atoms with Gasteiger partial charge in [0, 0.05) is 18.5 Å². The third kappa shape index (κ3) is 5.39. The zero-order valence-electron chi connectivity index (χ0n) is 19.7. The van der Waals surface area contributed by atoms with E-state index in [1.54, 1.807) is 11.8 Å². The number of nitriles is 1. The van der Waals surface area contributed by atoms with Crippen LogP contribution in [0.5, 0.6) is 0 Å². The minimum atomic E-state index is -0.890. The molecule has 35 heavy (non-hydrogen) atoms. The number of nitrogens with zero attached hydrogens (tertiary/aromatic N) is 2. The quantitative estimate of drug-likeness (QED) is 0.547. The van der Waals surface area contributed by atoms with Crippen molar-refractivity contribution in [1.29, 1.82) is 5.26 Å². The normalized spacial score (nSPS) is 27.4. The van der Waals surface area contributed by atoms with E-state index in [4.69, 9.17) is 0 Å². The molecular formula is C25H31F2N5O3. The van der Waals surface area contributed by atoms with Crippen molar-refractivity contribution >= 4 is 23.4 Å². The Kier molecular flexibility index (Phi) is 7.53. The molecule has 4 aliphatic rings. The van der Waals surface area contributed by atoms with Gasteiger partial charge in [-0.25, -0.2) is 8.78 Å². The second-order valence-corrected chi connectivity index (χ2v) is 9.81. The van der Waals surface area contributed by atoms with Crippen molar-refractivity contribution in [3.05, 3.63) is 29.8 Å². The van der Waals surface area contributed by atoms with Gasteiger partial charge in [-0.15, -0.1) is 0 Å². The summed E-state index contributed by atoms with van der Waals surface area (Å²) in [4.78, 5) is 40.5. The summed E-state index contributed by atoms with van der Waals surface area (Å²) in [5.74, 6) is -2.56. The highest BCUT2D eigenvalue weighted by atomic mass is 19.1. The van der Waals surface area contributed by atoms with Gasteiger partial charge >= 0.3 is 0 Å². The Labute approximate surface area is 203 Å². The van der Waals surface area contributed by atoms with Crippen LogP contribution < -0.4 is 16.0 Å². The molecule has 4 fully saturated rings. The number of rotatable bonds is 7. The maximum Gasteiger partial charge on any atom is 0.245 e. The van der Waals surface area contributed by atoms with E-state index in [1.165, 1.54) is 0 Å². The zero-order valence-corrected chi connectivity index (χ0v) is 19.7. The molecule has 8 nitrogen and oxygen atoms in total. The molecule has 188 valence electrons. The number of hydrogen-bond donors (Lipinski definition) is 3. The second kappa shape index (κ2) is 10.6. The van der Waals surface area contributed by atoms with Crippen LogP contribution >= 0.6 is 0 Å². The predicted molar refractivity (Wildman–Crippen MR) is 124 cm³/mol. The third-order valence-electron chi connectivity index (χ3n) is 7.47. The number of carbonyl (C=O) groups excluding carboxylic acids is 3. The predicted octanol–water partition coefficient (Wildman–Crippen LogP) is 2.46. The van der Waals surface area contributed by atoms with Crippen molar-refractivity contribution in [3.8, 4) is 6.07 Å². The molecule has 1 aromatic carbocycles. The van der Waals surface area contributed by atoms with E-state index in [0.717, 1.165) is 50.3 Å². The van der Waals surface area contributed by atoms with E-state index < -0.39 is 35.7 Å². The molecule has 0 aromatic heterocycles. The monoisotopic (exact) mass is 487 g/mol. The lowest BCUT2D eigenvalue weighted by Gasteiger charge is -2.51. The number of nitrogens with one attached hydrogen (secondary N) is 3. The fourth-order valence-electron chi connectivity index (χ4n) is 5.68. The summed E-state index contributed by atoms with van der Waals surface area (Å²) >= 11 is 0. The molecule has 3 N–H and O–H groups in total. The molecule has 10 heteroatoms. The van der Waals surface area contributed by atoms with E-state index in [1.807, 2.05) is 0 Å². The van der Waals surface area contributed by atoms with Crippen LogP contribution in [0.25, 0.3) is 0 Å². The van der Waals surface area contributed by atoms with Gasteiger partial charge in [-0.05, 0) is 76.0 Å². The summed E-state index contributed by atoms with van der Waals surface area (Å²) < 4.78 is 27.7. The van der Waals surface area contributed by atoms with Crippen LogP contribution in [0.4, 0.5) is 14.5 Å². The number of amides is 3. The molecule has 3 saturated heterocycles. The fourth-order valence-corrected chi connectivity index (χ4v) is 5.68. The van der Waals surface area contributed by atoms with E-state index in [0.29, 0.717) is 13.0 Å². The standard InChI is InChI=1S/C25H31F2N5O3/c1-14(30-21-12-17(26)6-9-20(21)27)25(35)32-19-7-4-15(5-8-19)22(32)24(34)31-18(13-28)11-16-3-2-10-29-23(16)33/h6,9,12,14-16,18-19,22,30H,2-5,7-8,10-11H2,1H3,(H,29,33)(H,31,34)/t14-,15?,16-,18-,19?,22+/m0/s1. The van der Waals surface area contributed by atoms with Gasteiger partial charge in [0.2, 0.25) is 17.7 Å². The first-order chi connectivity index (χ1) is 16.8. The van der Waals surface area contributed by atoms with Crippen LogP contribution in [0.1, 0.15) is 51.9 Å². The number of anilines is 1. The van der Waals surface area contributed by atoms with Gasteiger partial charge in [0.1, 0.15) is 29.8 Å². The molecule has 1 aliphatic carbocycles. The van der Waals surface area contributed by atoms with Crippen molar-refractivity contribution in [3.63, 3.8) is 0 Å². The Bertz CT molecular complexity index is 1020. The van der Waals surface area contributed by atoms with Crippen LogP contribution in [0, 0.1) is 34.8 Å². The molecule has 0 radical (unpaired) electrons. The topological polar surface area (TPSA) is 114 Å². The molecule has 3 heterocycles. The minimum Gasteiger partial charge on any atom is -0.371 e. The molecule has 3 amide bonds. The average molecular weight is 488 g/mol. The summed E-state index contributed by atoms with van der Waals surface area (Å²) in [5, 5.41) is 18.0. The Morgan fingerprint density at radius 3 is 2.66 bits per heavy atom. The van der Waals surface area contributed by atoms with Crippen LogP contribution in [0.2, 0.25) is 0 Å². The molecule has 0 unspecified atom stereocenters. The SMILES string of the molecule is C[C@H](Nc1cc(F)ccc1F)C(=O)N1C2CCC(CC2)[C@@H]1C(=O)N[C@H](C#N)C[C@@H]1CCCNC1=O. The molecule has 0 spiro atoms. The summed E-state index contributed by atoms with van der Waals surface area (Å²) in [5.41, 5.74) is -0.121. The molecule has 5 rings (SSSR count). The van der Waals surface area contributed by atoms with Crippen LogP contribution in [0.3, 0.4) is 0 Å². The van der Waals surface area contributed by atoms with Crippen LogP contribution in [-0.4, -0.2) is 53.3 Å². The lowest BCUT2D eigenvalue weighted by atomic mass is 9.74. The summed E-state index contributed by atoms with van der Waals surface area (Å²) in [6, 6.07) is 2.46. The Morgan fingerprint density at radius 2 is 1.97 bits per heavy atom. The van der Waals surface area contributed by atoms with Crippen LogP contribution in [-0.2, 0) is 14.4 Å². The van der Waals surface area contributed by atoms with E-state index in [9.17, 15) is 28.4 Å². The van der Waals surface area contributed by atoms with Gasteiger partial charge in [-0.1, -0.05) is 0 Å². The average Bonchev–Trinajstić information content (AvgIpc) is 2.86. The molecule has 4 atom stereocenters. The summed E-state index contributed by atoms with van der Waals surface area (Å²) in [6.07, 6.45) is 4.85. The molecule has 3 aliphatic heterocycles. The first-order valence-electron chi connectivity index (χ1n) is 12.3. The fraction of sp³-hybridized carbons (Fsp3) is 0.600. The van der Waals surface area contributed by atoms with Gasteiger partial charge in [0.05, 0.1) is 11.8 Å². The molecule has 1 aromatic rings. The van der Waals surface area contributed by atoms with E-state index >= 15 is 0 Å². The minimum absolute atomic E-state index is 0.0422. The Balaban J connectivity index is 1.47. The van der Waals surface area contributed by atoms with Crippen LogP contribution in [0.15, 0.2) is 18.2 Å². The zero-order chi connectivity index (χ0) is 25.1. The van der Waals surface area contributed by atoms with Crippen molar-refractivity contribution in [2.45, 2.75) is 76.0 Å². The van der Waals surface area contributed by atoms with E-state index in [2.05, 4.69) is 22.0 Å². The lowest BCUT2D eigenvalue weighted by Crippen LogP contribution is -2.65. The number of halogens is 2. The van der Waals surface area contributed by atoms with Gasteiger partial charge < -0.3 is 20.9 Å². The summed E-state index contributed by atoms with van der Waals surface area (Å²) in [7, 11) is 0. The van der Waals surface area contributed by atoms with Gasteiger partial charge in [-0.2, -0.15) is 5.26 Å². The number of carbonyl (C=O) groups is 3. The maximum atomic E-state index is 14.1. The number of hydrogen-bond acceptors (Lipinski definition) is 5. The molecule has 2 bridgehead atoms. The number of fused-ring (bicyclic) bond motifs is 3. The summed E-state index contributed by atoms with van der Waals surface area (Å²) in [6.45, 7) is 2.18. The highest BCUT2D eigenvalue weighted by Crippen LogP contribution is 2.40. The van der Waals surface area contributed by atoms with Crippen molar-refractivity contribution in [1.82, 2.24) is 15.5 Å². The maximum absolute atomic E-state index is 14.1. The Hall–Kier alpha value is -3.22.